The van der Waals surface area contributed by atoms with Crippen LogP contribution in [0.1, 0.15) is 52.2 Å². The minimum atomic E-state index is -0.936. The van der Waals surface area contributed by atoms with Gasteiger partial charge in [0.25, 0.3) is 0 Å². The van der Waals surface area contributed by atoms with E-state index in [0.29, 0.717) is 18.7 Å². The van der Waals surface area contributed by atoms with Crippen molar-refractivity contribution in [1.29, 1.82) is 0 Å². The lowest BCUT2D eigenvalue weighted by Gasteiger charge is -2.12. The number of nitrogens with zero attached hydrogens (tertiary/aromatic N) is 3. The first-order valence-corrected chi connectivity index (χ1v) is 9.45. The summed E-state index contributed by atoms with van der Waals surface area (Å²) in [7, 11) is 0. The fraction of sp³-hybridized carbons (Fsp3) is 0.318. The van der Waals surface area contributed by atoms with E-state index in [-0.39, 0.29) is 11.4 Å². The standard InChI is InChI=1S/C22H24FN3O2/c1-3-20-13-24-21(26(20)14-16-7-9-18(23)10-8-16)6-4-5-19-12-17(22(27)28)11-15(2)25-19/h7-13H,3-6,14H2,1-2H3,(H,27,28). The molecule has 0 saturated carbocycles. The van der Waals surface area contributed by atoms with Crippen LogP contribution in [0.5, 0.6) is 0 Å². The lowest BCUT2D eigenvalue weighted by atomic mass is 10.1. The predicted molar refractivity (Wildman–Crippen MR) is 105 cm³/mol. The van der Waals surface area contributed by atoms with Crippen molar-refractivity contribution in [3.05, 3.63) is 82.4 Å². The number of aromatic carboxylic acids is 1. The maximum Gasteiger partial charge on any atom is 0.335 e. The largest absolute Gasteiger partial charge is 0.478 e. The van der Waals surface area contributed by atoms with Crippen LogP contribution in [0.15, 0.2) is 42.6 Å². The van der Waals surface area contributed by atoms with Crippen molar-refractivity contribution in [2.45, 2.75) is 46.1 Å². The van der Waals surface area contributed by atoms with E-state index in [2.05, 4.69) is 21.5 Å². The highest BCUT2D eigenvalue weighted by Crippen LogP contribution is 2.15. The van der Waals surface area contributed by atoms with Gasteiger partial charge in [0.15, 0.2) is 0 Å². The van der Waals surface area contributed by atoms with E-state index in [9.17, 15) is 14.3 Å². The molecule has 2 aromatic heterocycles. The van der Waals surface area contributed by atoms with Crippen LogP contribution in [-0.4, -0.2) is 25.6 Å². The Bertz CT molecular complexity index is 964. The third kappa shape index (κ3) is 4.82. The Labute approximate surface area is 163 Å². The number of benzene rings is 1. The minimum absolute atomic E-state index is 0.239. The number of hydrogen-bond donors (Lipinski definition) is 1. The van der Waals surface area contributed by atoms with E-state index in [1.54, 1.807) is 31.2 Å². The van der Waals surface area contributed by atoms with Gasteiger partial charge in [-0.25, -0.2) is 14.2 Å². The van der Waals surface area contributed by atoms with E-state index in [1.165, 1.54) is 12.1 Å². The Kier molecular flexibility index (Phi) is 6.19. The zero-order chi connectivity index (χ0) is 20.1. The number of carboxylic acids is 1. The molecule has 0 atom stereocenters. The zero-order valence-electron chi connectivity index (χ0n) is 16.2. The van der Waals surface area contributed by atoms with Crippen LogP contribution in [0, 0.1) is 12.7 Å². The summed E-state index contributed by atoms with van der Waals surface area (Å²) in [5.41, 5.74) is 3.93. The molecule has 5 nitrogen and oxygen atoms in total. The first-order valence-electron chi connectivity index (χ1n) is 9.45. The average Bonchev–Trinajstić information content (AvgIpc) is 3.05. The molecule has 2 heterocycles. The van der Waals surface area contributed by atoms with Gasteiger partial charge in [-0.2, -0.15) is 0 Å². The smallest absolute Gasteiger partial charge is 0.335 e. The van der Waals surface area contributed by atoms with Gasteiger partial charge >= 0.3 is 5.97 Å². The molecule has 6 heteroatoms. The van der Waals surface area contributed by atoms with Crippen LogP contribution in [0.2, 0.25) is 0 Å². The Morgan fingerprint density at radius 2 is 1.93 bits per heavy atom. The summed E-state index contributed by atoms with van der Waals surface area (Å²) in [6.07, 6.45) is 5.03. The molecule has 1 N–H and O–H groups in total. The lowest BCUT2D eigenvalue weighted by molar-refractivity contribution is 0.0696. The third-order valence-corrected chi connectivity index (χ3v) is 4.72. The molecule has 3 aromatic rings. The van der Waals surface area contributed by atoms with Crippen molar-refractivity contribution in [1.82, 2.24) is 14.5 Å². The number of aryl methyl sites for hydroxylation is 4. The van der Waals surface area contributed by atoms with Crippen molar-refractivity contribution in [2.24, 2.45) is 0 Å². The minimum Gasteiger partial charge on any atom is -0.478 e. The maximum atomic E-state index is 13.2. The normalized spacial score (nSPS) is 11.0. The molecule has 0 radical (unpaired) electrons. The van der Waals surface area contributed by atoms with Gasteiger partial charge in [0.05, 0.1) is 5.56 Å². The van der Waals surface area contributed by atoms with Crippen molar-refractivity contribution < 1.29 is 14.3 Å². The molecule has 28 heavy (non-hydrogen) atoms. The maximum absolute atomic E-state index is 13.2. The molecule has 0 aliphatic rings. The first kappa shape index (κ1) is 19.7. The summed E-state index contributed by atoms with van der Waals surface area (Å²) in [6, 6.07) is 9.75. The number of halogens is 1. The Morgan fingerprint density at radius 1 is 1.18 bits per heavy atom. The van der Waals surface area contributed by atoms with Gasteiger partial charge in [0.1, 0.15) is 11.6 Å². The van der Waals surface area contributed by atoms with Crippen LogP contribution in [0.4, 0.5) is 4.39 Å². The molecule has 0 aliphatic heterocycles. The zero-order valence-corrected chi connectivity index (χ0v) is 16.2. The second-order valence-corrected chi connectivity index (χ2v) is 6.88. The molecule has 0 saturated heterocycles. The Morgan fingerprint density at radius 3 is 2.61 bits per heavy atom. The van der Waals surface area contributed by atoms with E-state index < -0.39 is 5.97 Å². The monoisotopic (exact) mass is 381 g/mol. The molecule has 0 aliphatic carbocycles. The fourth-order valence-corrected chi connectivity index (χ4v) is 3.32. The van der Waals surface area contributed by atoms with Gasteiger partial charge in [-0.3, -0.25) is 4.98 Å². The van der Waals surface area contributed by atoms with Crippen LogP contribution in [-0.2, 0) is 25.8 Å². The number of hydrogen-bond acceptors (Lipinski definition) is 3. The van der Waals surface area contributed by atoms with E-state index in [1.807, 2.05) is 6.20 Å². The molecule has 0 fully saturated rings. The topological polar surface area (TPSA) is 68.0 Å². The summed E-state index contributed by atoms with van der Waals surface area (Å²) in [5, 5.41) is 9.20. The molecular weight excluding hydrogens is 357 g/mol. The molecule has 0 amide bonds. The number of rotatable bonds is 8. The summed E-state index contributed by atoms with van der Waals surface area (Å²) in [5.74, 6) is -0.196. The van der Waals surface area contributed by atoms with Crippen LogP contribution in [0.3, 0.4) is 0 Å². The molecular formula is C22H24FN3O2. The highest BCUT2D eigenvalue weighted by Gasteiger charge is 2.11. The van der Waals surface area contributed by atoms with Gasteiger partial charge < -0.3 is 9.67 Å². The van der Waals surface area contributed by atoms with Crippen LogP contribution < -0.4 is 0 Å². The average molecular weight is 381 g/mol. The number of pyridine rings is 1. The van der Waals surface area contributed by atoms with Gasteiger partial charge in [0.2, 0.25) is 0 Å². The SMILES string of the molecule is CCc1cnc(CCCc2cc(C(=O)O)cc(C)n2)n1Cc1ccc(F)cc1. The van der Waals surface area contributed by atoms with E-state index in [4.69, 9.17) is 0 Å². The highest BCUT2D eigenvalue weighted by molar-refractivity contribution is 5.87. The van der Waals surface area contributed by atoms with Crippen LogP contribution in [0.25, 0.3) is 0 Å². The Hall–Kier alpha value is -3.02. The van der Waals surface area contributed by atoms with Crippen molar-refractivity contribution in [3.63, 3.8) is 0 Å². The number of carbonyl (C=O) groups is 1. The van der Waals surface area contributed by atoms with Crippen molar-refractivity contribution in [3.8, 4) is 0 Å². The van der Waals surface area contributed by atoms with Gasteiger partial charge in [-0.05, 0) is 56.0 Å². The lowest BCUT2D eigenvalue weighted by Crippen LogP contribution is -2.09. The molecule has 0 unspecified atom stereocenters. The second-order valence-electron chi connectivity index (χ2n) is 6.88. The van der Waals surface area contributed by atoms with Crippen LogP contribution >= 0.6 is 0 Å². The number of imidazole rings is 1. The van der Waals surface area contributed by atoms with Crippen molar-refractivity contribution >= 4 is 5.97 Å². The summed E-state index contributed by atoms with van der Waals surface area (Å²) < 4.78 is 15.3. The van der Waals surface area contributed by atoms with E-state index in [0.717, 1.165) is 42.0 Å². The quantitative estimate of drug-likeness (QED) is 0.635. The number of aromatic nitrogens is 3. The van der Waals surface area contributed by atoms with Gasteiger partial charge in [-0.15, -0.1) is 0 Å². The predicted octanol–water partition coefficient (Wildman–Crippen LogP) is 4.21. The Balaban J connectivity index is 1.70. The molecule has 0 bridgehead atoms. The third-order valence-electron chi connectivity index (χ3n) is 4.72. The molecule has 0 spiro atoms. The van der Waals surface area contributed by atoms with Gasteiger partial charge in [0, 0.05) is 36.2 Å². The van der Waals surface area contributed by atoms with Crippen molar-refractivity contribution in [2.75, 3.05) is 0 Å². The molecule has 1 aromatic carbocycles. The summed E-state index contributed by atoms with van der Waals surface area (Å²) in [4.78, 5) is 20.2. The second kappa shape index (κ2) is 8.78. The summed E-state index contributed by atoms with van der Waals surface area (Å²) in [6.45, 7) is 4.55. The molecule has 3 rings (SSSR count). The number of carboxylic acid groups (broad SMARTS) is 1. The molecule has 146 valence electrons. The first-order chi connectivity index (χ1) is 13.5. The summed E-state index contributed by atoms with van der Waals surface area (Å²) >= 11 is 0. The van der Waals surface area contributed by atoms with Gasteiger partial charge in [-0.1, -0.05) is 19.1 Å². The fourth-order valence-electron chi connectivity index (χ4n) is 3.32. The highest BCUT2D eigenvalue weighted by atomic mass is 19.1. The van der Waals surface area contributed by atoms with E-state index >= 15 is 0 Å².